The summed E-state index contributed by atoms with van der Waals surface area (Å²) in [6.45, 7) is 4.92. The molecule has 136 valence electrons. The SMILES string of the molecule is Cc1ccc(NC(=O)C(C)C2CCC3(CC2)COc2ccccc23)cc1. The van der Waals surface area contributed by atoms with E-state index in [9.17, 15) is 4.79 Å². The van der Waals surface area contributed by atoms with Crippen molar-refractivity contribution in [1.29, 1.82) is 0 Å². The summed E-state index contributed by atoms with van der Waals surface area (Å²) < 4.78 is 5.94. The second-order valence-corrected chi connectivity index (χ2v) is 8.05. The van der Waals surface area contributed by atoms with E-state index in [-0.39, 0.29) is 17.2 Å². The number of carbonyl (C=O) groups excluding carboxylic acids is 1. The van der Waals surface area contributed by atoms with E-state index >= 15 is 0 Å². The van der Waals surface area contributed by atoms with E-state index in [0.29, 0.717) is 5.92 Å². The van der Waals surface area contributed by atoms with Gasteiger partial charge in [-0.25, -0.2) is 0 Å². The van der Waals surface area contributed by atoms with Gasteiger partial charge >= 0.3 is 0 Å². The predicted octanol–water partition coefficient (Wildman–Crippen LogP) is 5.09. The fourth-order valence-electron chi connectivity index (χ4n) is 4.54. The minimum Gasteiger partial charge on any atom is -0.492 e. The Kier molecular flexibility index (Phi) is 4.47. The Morgan fingerprint density at radius 1 is 1.12 bits per heavy atom. The van der Waals surface area contributed by atoms with Gasteiger partial charge in [0.05, 0.1) is 6.61 Å². The molecule has 1 unspecified atom stereocenters. The molecule has 3 nitrogen and oxygen atoms in total. The predicted molar refractivity (Wildman–Crippen MR) is 105 cm³/mol. The molecule has 1 fully saturated rings. The zero-order valence-corrected chi connectivity index (χ0v) is 15.6. The molecule has 0 radical (unpaired) electrons. The van der Waals surface area contributed by atoms with Crippen LogP contribution >= 0.6 is 0 Å². The Morgan fingerprint density at radius 2 is 1.81 bits per heavy atom. The number of ether oxygens (including phenoxy) is 1. The van der Waals surface area contributed by atoms with Crippen LogP contribution in [0.5, 0.6) is 5.75 Å². The highest BCUT2D eigenvalue weighted by atomic mass is 16.5. The number of hydrogen-bond acceptors (Lipinski definition) is 2. The van der Waals surface area contributed by atoms with E-state index in [1.54, 1.807) is 0 Å². The van der Waals surface area contributed by atoms with E-state index in [1.807, 2.05) is 30.3 Å². The second kappa shape index (κ2) is 6.79. The standard InChI is InChI=1S/C23H27NO2/c1-16-7-9-19(10-8-16)24-22(25)17(2)18-11-13-23(14-12-18)15-26-21-6-4-3-5-20(21)23/h3-10,17-18H,11-15H2,1-2H3,(H,24,25). The van der Waals surface area contributed by atoms with Gasteiger partial charge in [0.1, 0.15) is 5.75 Å². The summed E-state index contributed by atoms with van der Waals surface area (Å²) in [4.78, 5) is 12.7. The van der Waals surface area contributed by atoms with Crippen LogP contribution in [0.1, 0.15) is 43.7 Å². The maximum absolute atomic E-state index is 12.7. The third kappa shape index (κ3) is 3.11. The van der Waals surface area contributed by atoms with Gasteiger partial charge in [-0.2, -0.15) is 0 Å². The van der Waals surface area contributed by atoms with Gasteiger partial charge in [0.25, 0.3) is 0 Å². The first-order chi connectivity index (χ1) is 12.6. The summed E-state index contributed by atoms with van der Waals surface area (Å²) in [6, 6.07) is 16.5. The highest BCUT2D eigenvalue weighted by Crippen LogP contribution is 2.50. The van der Waals surface area contributed by atoms with Crippen molar-refractivity contribution in [3.8, 4) is 5.75 Å². The number of para-hydroxylation sites is 1. The molecule has 3 heteroatoms. The fourth-order valence-corrected chi connectivity index (χ4v) is 4.54. The maximum Gasteiger partial charge on any atom is 0.227 e. The van der Waals surface area contributed by atoms with Crippen LogP contribution < -0.4 is 10.1 Å². The minimum atomic E-state index is 0.0335. The van der Waals surface area contributed by atoms with Crippen molar-refractivity contribution in [3.63, 3.8) is 0 Å². The largest absolute Gasteiger partial charge is 0.492 e. The van der Waals surface area contributed by atoms with Crippen LogP contribution in [0.25, 0.3) is 0 Å². The lowest BCUT2D eigenvalue weighted by Crippen LogP contribution is -2.37. The average Bonchev–Trinajstić information content (AvgIpc) is 3.02. The minimum absolute atomic E-state index is 0.0335. The topological polar surface area (TPSA) is 38.3 Å². The van der Waals surface area contributed by atoms with Gasteiger partial charge in [-0.1, -0.05) is 42.8 Å². The molecule has 26 heavy (non-hydrogen) atoms. The van der Waals surface area contributed by atoms with Crippen LogP contribution in [0, 0.1) is 18.8 Å². The zero-order valence-electron chi connectivity index (χ0n) is 15.6. The van der Waals surface area contributed by atoms with Gasteiger partial charge in [-0.15, -0.1) is 0 Å². The number of nitrogens with one attached hydrogen (secondary N) is 1. The Morgan fingerprint density at radius 3 is 2.54 bits per heavy atom. The molecule has 1 aliphatic carbocycles. The lowest BCUT2D eigenvalue weighted by Gasteiger charge is -2.38. The molecule has 1 atom stereocenters. The van der Waals surface area contributed by atoms with Crippen LogP contribution in [0.4, 0.5) is 5.69 Å². The summed E-state index contributed by atoms with van der Waals surface area (Å²) in [5.41, 5.74) is 3.63. The molecule has 4 rings (SSSR count). The molecule has 0 aromatic heterocycles. The summed E-state index contributed by atoms with van der Waals surface area (Å²) in [7, 11) is 0. The van der Waals surface area contributed by atoms with Gasteiger partial charge in [-0.05, 0) is 56.7 Å². The number of anilines is 1. The number of benzene rings is 2. The second-order valence-electron chi connectivity index (χ2n) is 8.05. The molecule has 1 spiro atoms. The van der Waals surface area contributed by atoms with Crippen molar-refractivity contribution in [3.05, 3.63) is 59.7 Å². The Bertz CT molecular complexity index is 788. The van der Waals surface area contributed by atoms with Crippen molar-refractivity contribution >= 4 is 11.6 Å². The third-order valence-corrected chi connectivity index (χ3v) is 6.39. The molecule has 2 aromatic rings. The molecule has 2 aromatic carbocycles. The number of rotatable bonds is 3. The highest BCUT2D eigenvalue weighted by molar-refractivity contribution is 5.92. The fraction of sp³-hybridized carbons (Fsp3) is 0.435. The molecule has 1 amide bonds. The van der Waals surface area contributed by atoms with E-state index in [0.717, 1.165) is 43.7 Å². The quantitative estimate of drug-likeness (QED) is 0.838. The smallest absolute Gasteiger partial charge is 0.227 e. The van der Waals surface area contributed by atoms with Gasteiger partial charge in [-0.3, -0.25) is 4.79 Å². The molecule has 2 aliphatic rings. The number of carbonyl (C=O) groups is 1. The van der Waals surface area contributed by atoms with Crippen LogP contribution in [0.3, 0.4) is 0 Å². The molecular weight excluding hydrogens is 322 g/mol. The van der Waals surface area contributed by atoms with Crippen molar-refractivity contribution in [2.45, 2.75) is 44.9 Å². The summed E-state index contributed by atoms with van der Waals surface area (Å²) in [5.74, 6) is 1.67. The van der Waals surface area contributed by atoms with Crippen molar-refractivity contribution < 1.29 is 9.53 Å². The highest BCUT2D eigenvalue weighted by Gasteiger charge is 2.44. The van der Waals surface area contributed by atoms with E-state index < -0.39 is 0 Å². The normalized spacial score (nSPS) is 25.4. The van der Waals surface area contributed by atoms with Gasteiger partial charge in [0, 0.05) is 22.6 Å². The van der Waals surface area contributed by atoms with Gasteiger partial charge in [0.15, 0.2) is 0 Å². The first-order valence-electron chi connectivity index (χ1n) is 9.67. The molecule has 1 N–H and O–H groups in total. The number of amides is 1. The van der Waals surface area contributed by atoms with Crippen LogP contribution in [-0.2, 0) is 10.2 Å². The molecule has 0 bridgehead atoms. The van der Waals surface area contributed by atoms with Crippen LogP contribution in [-0.4, -0.2) is 12.5 Å². The lowest BCUT2D eigenvalue weighted by atomic mass is 9.65. The summed E-state index contributed by atoms with van der Waals surface area (Å²) in [6.07, 6.45) is 4.38. The number of hydrogen-bond donors (Lipinski definition) is 1. The summed E-state index contributed by atoms with van der Waals surface area (Å²) >= 11 is 0. The molecule has 1 saturated carbocycles. The number of aryl methyl sites for hydroxylation is 1. The van der Waals surface area contributed by atoms with Crippen molar-refractivity contribution in [1.82, 2.24) is 0 Å². The molecule has 0 saturated heterocycles. The average molecular weight is 349 g/mol. The van der Waals surface area contributed by atoms with Gasteiger partial charge < -0.3 is 10.1 Å². The number of fused-ring (bicyclic) bond motifs is 2. The Hall–Kier alpha value is -2.29. The zero-order chi connectivity index (χ0) is 18.1. The summed E-state index contributed by atoms with van der Waals surface area (Å²) in [5, 5.41) is 3.08. The van der Waals surface area contributed by atoms with E-state index in [1.165, 1.54) is 11.1 Å². The van der Waals surface area contributed by atoms with Crippen molar-refractivity contribution in [2.75, 3.05) is 11.9 Å². The lowest BCUT2D eigenvalue weighted by molar-refractivity contribution is -0.121. The molecular formula is C23H27NO2. The first-order valence-corrected chi connectivity index (χ1v) is 9.67. The monoisotopic (exact) mass is 349 g/mol. The molecule has 1 heterocycles. The van der Waals surface area contributed by atoms with Crippen LogP contribution in [0.2, 0.25) is 0 Å². The maximum atomic E-state index is 12.7. The first kappa shape index (κ1) is 17.1. The van der Waals surface area contributed by atoms with Crippen LogP contribution in [0.15, 0.2) is 48.5 Å². The van der Waals surface area contributed by atoms with Gasteiger partial charge in [0.2, 0.25) is 5.91 Å². The van der Waals surface area contributed by atoms with E-state index in [4.69, 9.17) is 4.74 Å². The van der Waals surface area contributed by atoms with Crippen molar-refractivity contribution in [2.24, 2.45) is 11.8 Å². The Labute approximate surface area is 155 Å². The third-order valence-electron chi connectivity index (χ3n) is 6.39. The Balaban J connectivity index is 1.38. The molecule has 1 aliphatic heterocycles. The van der Waals surface area contributed by atoms with E-state index in [2.05, 4.69) is 37.4 Å².